The molecule has 5 rings (SSSR count). The standard InChI is InChI=1S/C25H25ClN6O2/c1-33-21-9-6-15(13-22(21)34-2)18-7-8-19-23(29-18)24(31-25(27)30-19)32-11-10-28-14-20(32)16-4-3-5-17(26)12-16/h3-9,12-13,20,28H,10-11,14H2,1-2H3,(H2,27,30,31). The summed E-state index contributed by atoms with van der Waals surface area (Å²) in [6.45, 7) is 2.31. The van der Waals surface area contributed by atoms with Crippen molar-refractivity contribution in [2.24, 2.45) is 0 Å². The van der Waals surface area contributed by atoms with Crippen LogP contribution in [0.25, 0.3) is 22.3 Å². The number of aromatic nitrogens is 3. The SMILES string of the molecule is COc1ccc(-c2ccc3nc(N)nc(N4CCNCC4c4cccc(Cl)c4)c3n2)cc1OC. The molecule has 1 aliphatic rings. The van der Waals surface area contributed by atoms with Crippen LogP contribution in [-0.4, -0.2) is 48.8 Å². The summed E-state index contributed by atoms with van der Waals surface area (Å²) in [6, 6.07) is 17.5. The average molecular weight is 477 g/mol. The number of nitrogens with zero attached hydrogens (tertiary/aromatic N) is 4. The molecule has 1 saturated heterocycles. The van der Waals surface area contributed by atoms with Crippen molar-refractivity contribution in [1.82, 2.24) is 20.3 Å². The number of anilines is 2. The van der Waals surface area contributed by atoms with E-state index in [0.29, 0.717) is 33.4 Å². The number of rotatable bonds is 5. The Kier molecular flexibility index (Phi) is 6.08. The predicted molar refractivity (Wildman–Crippen MR) is 135 cm³/mol. The Morgan fingerprint density at radius 3 is 2.65 bits per heavy atom. The number of pyridine rings is 1. The topological polar surface area (TPSA) is 98.4 Å². The number of nitrogen functional groups attached to an aromatic ring is 1. The molecule has 0 amide bonds. The first-order valence-corrected chi connectivity index (χ1v) is 11.3. The number of nitrogens with one attached hydrogen (secondary N) is 1. The molecule has 34 heavy (non-hydrogen) atoms. The maximum atomic E-state index is 6.30. The Balaban J connectivity index is 1.63. The molecule has 1 fully saturated rings. The van der Waals surface area contributed by atoms with Crippen molar-refractivity contribution in [3.63, 3.8) is 0 Å². The lowest BCUT2D eigenvalue weighted by Crippen LogP contribution is -2.46. The molecule has 0 bridgehead atoms. The maximum Gasteiger partial charge on any atom is 0.222 e. The van der Waals surface area contributed by atoms with Crippen LogP contribution in [0.15, 0.2) is 54.6 Å². The van der Waals surface area contributed by atoms with Gasteiger partial charge in [0, 0.05) is 30.2 Å². The molecular weight excluding hydrogens is 452 g/mol. The largest absolute Gasteiger partial charge is 0.493 e. The molecule has 2 aromatic heterocycles. The summed E-state index contributed by atoms with van der Waals surface area (Å²) in [4.78, 5) is 16.3. The van der Waals surface area contributed by atoms with Crippen molar-refractivity contribution in [3.05, 3.63) is 65.2 Å². The molecule has 0 radical (unpaired) electrons. The lowest BCUT2D eigenvalue weighted by molar-refractivity contribution is 0.355. The van der Waals surface area contributed by atoms with Gasteiger partial charge in [-0.1, -0.05) is 23.7 Å². The third-order valence-corrected chi connectivity index (χ3v) is 6.20. The Bertz CT molecular complexity index is 1350. The minimum atomic E-state index is 0.0245. The zero-order valence-electron chi connectivity index (χ0n) is 19.0. The van der Waals surface area contributed by atoms with E-state index in [4.69, 9.17) is 31.8 Å². The number of halogens is 1. The lowest BCUT2D eigenvalue weighted by atomic mass is 10.0. The van der Waals surface area contributed by atoms with Gasteiger partial charge in [-0.15, -0.1) is 0 Å². The normalized spacial score (nSPS) is 16.0. The van der Waals surface area contributed by atoms with Crippen LogP contribution in [0.2, 0.25) is 5.02 Å². The number of benzene rings is 2. The molecule has 0 spiro atoms. The molecule has 0 aliphatic carbocycles. The summed E-state index contributed by atoms with van der Waals surface area (Å²) in [5.74, 6) is 2.22. The lowest BCUT2D eigenvalue weighted by Gasteiger charge is -2.37. The number of nitrogens with two attached hydrogens (primary N) is 1. The first-order chi connectivity index (χ1) is 16.6. The molecule has 2 aromatic carbocycles. The van der Waals surface area contributed by atoms with E-state index in [1.165, 1.54) is 0 Å². The van der Waals surface area contributed by atoms with Crippen LogP contribution in [0.1, 0.15) is 11.6 Å². The molecule has 1 atom stereocenters. The fourth-order valence-corrected chi connectivity index (χ4v) is 4.54. The summed E-state index contributed by atoms with van der Waals surface area (Å²) in [7, 11) is 3.23. The van der Waals surface area contributed by atoms with Crippen molar-refractivity contribution < 1.29 is 9.47 Å². The van der Waals surface area contributed by atoms with Gasteiger partial charge in [0.1, 0.15) is 5.52 Å². The van der Waals surface area contributed by atoms with Gasteiger partial charge in [0.25, 0.3) is 0 Å². The highest BCUT2D eigenvalue weighted by Crippen LogP contribution is 2.35. The van der Waals surface area contributed by atoms with E-state index >= 15 is 0 Å². The highest BCUT2D eigenvalue weighted by Gasteiger charge is 2.28. The predicted octanol–water partition coefficient (Wildman–Crippen LogP) is 4.10. The molecule has 0 saturated carbocycles. The van der Waals surface area contributed by atoms with E-state index in [2.05, 4.69) is 26.3 Å². The molecule has 174 valence electrons. The van der Waals surface area contributed by atoms with E-state index in [1.807, 2.05) is 48.5 Å². The van der Waals surface area contributed by atoms with Crippen LogP contribution < -0.4 is 25.4 Å². The maximum absolute atomic E-state index is 6.30. The van der Waals surface area contributed by atoms with Crippen molar-refractivity contribution in [2.45, 2.75) is 6.04 Å². The van der Waals surface area contributed by atoms with Gasteiger partial charge < -0.3 is 25.4 Å². The first-order valence-electron chi connectivity index (χ1n) is 11.0. The molecule has 3 heterocycles. The summed E-state index contributed by atoms with van der Waals surface area (Å²) in [5.41, 5.74) is 10.3. The number of piperazine rings is 1. The molecular formula is C25H25ClN6O2. The summed E-state index contributed by atoms with van der Waals surface area (Å²) in [5, 5.41) is 4.17. The number of fused-ring (bicyclic) bond motifs is 1. The second-order valence-electron chi connectivity index (χ2n) is 8.01. The van der Waals surface area contributed by atoms with Crippen LogP contribution in [0, 0.1) is 0 Å². The highest BCUT2D eigenvalue weighted by molar-refractivity contribution is 6.30. The second kappa shape index (κ2) is 9.32. The number of ether oxygens (including phenoxy) is 2. The van der Waals surface area contributed by atoms with E-state index in [-0.39, 0.29) is 12.0 Å². The van der Waals surface area contributed by atoms with Crippen molar-refractivity contribution in [2.75, 3.05) is 44.5 Å². The van der Waals surface area contributed by atoms with Crippen LogP contribution in [0.5, 0.6) is 11.5 Å². The third-order valence-electron chi connectivity index (χ3n) is 5.97. The van der Waals surface area contributed by atoms with Crippen LogP contribution in [0.4, 0.5) is 11.8 Å². The second-order valence-corrected chi connectivity index (χ2v) is 8.44. The number of hydrogen-bond acceptors (Lipinski definition) is 8. The minimum Gasteiger partial charge on any atom is -0.493 e. The highest BCUT2D eigenvalue weighted by atomic mass is 35.5. The van der Waals surface area contributed by atoms with E-state index < -0.39 is 0 Å². The zero-order chi connectivity index (χ0) is 23.7. The van der Waals surface area contributed by atoms with Gasteiger partial charge in [0.2, 0.25) is 5.95 Å². The third kappa shape index (κ3) is 4.18. The minimum absolute atomic E-state index is 0.0245. The smallest absolute Gasteiger partial charge is 0.222 e. The van der Waals surface area contributed by atoms with Crippen molar-refractivity contribution in [1.29, 1.82) is 0 Å². The van der Waals surface area contributed by atoms with Crippen molar-refractivity contribution in [3.8, 4) is 22.8 Å². The first kappa shape index (κ1) is 22.2. The van der Waals surface area contributed by atoms with Crippen LogP contribution in [-0.2, 0) is 0 Å². The van der Waals surface area contributed by atoms with Gasteiger partial charge in [-0.25, -0.2) is 9.97 Å². The fraction of sp³-hybridized carbons (Fsp3) is 0.240. The summed E-state index contributed by atoms with van der Waals surface area (Å²) >= 11 is 6.30. The quantitative estimate of drug-likeness (QED) is 0.444. The van der Waals surface area contributed by atoms with Crippen LogP contribution in [0.3, 0.4) is 0 Å². The summed E-state index contributed by atoms with van der Waals surface area (Å²) < 4.78 is 10.8. The molecule has 1 aliphatic heterocycles. The molecule has 1 unspecified atom stereocenters. The Hall–Kier alpha value is -3.62. The van der Waals surface area contributed by atoms with Gasteiger partial charge in [-0.2, -0.15) is 4.98 Å². The molecule has 8 nitrogen and oxygen atoms in total. The molecule has 3 N–H and O–H groups in total. The average Bonchev–Trinajstić information content (AvgIpc) is 2.87. The van der Waals surface area contributed by atoms with Gasteiger partial charge in [0.05, 0.1) is 31.5 Å². The Morgan fingerprint density at radius 2 is 1.85 bits per heavy atom. The molecule has 4 aromatic rings. The molecule has 9 heteroatoms. The van der Waals surface area contributed by atoms with E-state index in [9.17, 15) is 0 Å². The zero-order valence-corrected chi connectivity index (χ0v) is 19.7. The van der Waals surface area contributed by atoms with Crippen LogP contribution >= 0.6 is 11.6 Å². The Morgan fingerprint density at radius 1 is 1.00 bits per heavy atom. The Labute approximate surface area is 202 Å². The van der Waals surface area contributed by atoms with E-state index in [0.717, 1.165) is 36.5 Å². The van der Waals surface area contributed by atoms with Gasteiger partial charge in [-0.3, -0.25) is 0 Å². The monoisotopic (exact) mass is 476 g/mol. The van der Waals surface area contributed by atoms with Gasteiger partial charge in [-0.05, 0) is 48.0 Å². The summed E-state index contributed by atoms with van der Waals surface area (Å²) in [6.07, 6.45) is 0. The van der Waals surface area contributed by atoms with E-state index in [1.54, 1.807) is 14.2 Å². The van der Waals surface area contributed by atoms with Crippen molar-refractivity contribution >= 4 is 34.4 Å². The number of methoxy groups -OCH3 is 2. The van der Waals surface area contributed by atoms with Gasteiger partial charge in [0.15, 0.2) is 17.3 Å². The fourth-order valence-electron chi connectivity index (χ4n) is 4.34. The van der Waals surface area contributed by atoms with Gasteiger partial charge >= 0.3 is 0 Å². The number of hydrogen-bond donors (Lipinski definition) is 2.